The van der Waals surface area contributed by atoms with Crippen LogP contribution in [0.2, 0.25) is 0 Å². The molecule has 0 aliphatic carbocycles. The molecule has 1 aromatic heterocycles. The number of rotatable bonds is 2. The first-order valence-electron chi connectivity index (χ1n) is 8.20. The Morgan fingerprint density at radius 2 is 2.13 bits per heavy atom. The van der Waals surface area contributed by atoms with Gasteiger partial charge in [0.15, 0.2) is 0 Å². The summed E-state index contributed by atoms with van der Waals surface area (Å²) in [5.41, 5.74) is 0.0356. The molecule has 3 heterocycles. The lowest BCUT2D eigenvalue weighted by molar-refractivity contribution is -0.137. The molecule has 0 radical (unpaired) electrons. The molecule has 3 rings (SSSR count). The highest BCUT2D eigenvalue weighted by Crippen LogP contribution is 2.40. The van der Waals surface area contributed by atoms with Gasteiger partial charge in [-0.2, -0.15) is 0 Å². The zero-order valence-corrected chi connectivity index (χ0v) is 13.8. The number of β-amino-alcohol motifs (C(OH)–C–C–N with tert-alkyl or cyclic N) is 1. The van der Waals surface area contributed by atoms with E-state index < -0.39 is 6.10 Å². The number of hydrogen-bond donors (Lipinski definition) is 2. The number of nitrogens with one attached hydrogen (secondary N) is 1. The van der Waals surface area contributed by atoms with E-state index in [1.807, 2.05) is 7.05 Å². The molecule has 0 aromatic carbocycles. The molecular formula is C16H25N5O2. The van der Waals surface area contributed by atoms with Crippen LogP contribution in [-0.2, 0) is 4.79 Å². The number of hydrogen-bond acceptors (Lipinski definition) is 6. The van der Waals surface area contributed by atoms with Crippen molar-refractivity contribution >= 4 is 17.5 Å². The summed E-state index contributed by atoms with van der Waals surface area (Å²) in [5.74, 6) is 1.70. The quantitative estimate of drug-likeness (QED) is 0.836. The van der Waals surface area contributed by atoms with Crippen molar-refractivity contribution in [2.75, 3.05) is 43.4 Å². The highest BCUT2D eigenvalue weighted by Gasteiger charge is 2.42. The van der Waals surface area contributed by atoms with E-state index in [2.05, 4.69) is 20.2 Å². The lowest BCUT2D eigenvalue weighted by Gasteiger charge is -2.49. The molecule has 126 valence electrons. The van der Waals surface area contributed by atoms with Crippen molar-refractivity contribution in [3.05, 3.63) is 12.4 Å². The summed E-state index contributed by atoms with van der Waals surface area (Å²) in [6.45, 7) is 4.56. The van der Waals surface area contributed by atoms with Gasteiger partial charge >= 0.3 is 0 Å². The van der Waals surface area contributed by atoms with Crippen LogP contribution in [0.5, 0.6) is 0 Å². The second kappa shape index (κ2) is 6.31. The summed E-state index contributed by atoms with van der Waals surface area (Å²) < 4.78 is 0. The summed E-state index contributed by atoms with van der Waals surface area (Å²) >= 11 is 0. The number of aromatic nitrogens is 2. The smallest absolute Gasteiger partial charge is 0.219 e. The SMILES string of the molecule is CNc1cncc(N2CCC3(CC2)CC(O)CN(C(C)=O)C3)n1. The van der Waals surface area contributed by atoms with Crippen LogP contribution in [0.15, 0.2) is 12.4 Å². The van der Waals surface area contributed by atoms with Crippen LogP contribution >= 0.6 is 0 Å². The van der Waals surface area contributed by atoms with Gasteiger partial charge in [-0.1, -0.05) is 0 Å². The Kier molecular flexibility index (Phi) is 4.39. The highest BCUT2D eigenvalue weighted by molar-refractivity contribution is 5.73. The third-order valence-corrected chi connectivity index (χ3v) is 5.10. The molecular weight excluding hydrogens is 294 g/mol. The summed E-state index contributed by atoms with van der Waals surface area (Å²) in [4.78, 5) is 24.5. The maximum absolute atomic E-state index is 11.7. The number of aliphatic hydroxyl groups excluding tert-OH is 1. The Morgan fingerprint density at radius 1 is 1.39 bits per heavy atom. The molecule has 2 aliphatic rings. The van der Waals surface area contributed by atoms with Gasteiger partial charge in [-0.25, -0.2) is 4.98 Å². The first-order valence-corrected chi connectivity index (χ1v) is 8.20. The van der Waals surface area contributed by atoms with Crippen LogP contribution in [0.1, 0.15) is 26.2 Å². The van der Waals surface area contributed by atoms with E-state index in [-0.39, 0.29) is 11.3 Å². The molecule has 2 N–H and O–H groups in total. The summed E-state index contributed by atoms with van der Waals surface area (Å²) in [6, 6.07) is 0. The van der Waals surface area contributed by atoms with Crippen LogP contribution in [0.3, 0.4) is 0 Å². The topological polar surface area (TPSA) is 81.6 Å². The van der Waals surface area contributed by atoms with Crippen molar-refractivity contribution in [1.82, 2.24) is 14.9 Å². The molecule has 23 heavy (non-hydrogen) atoms. The largest absolute Gasteiger partial charge is 0.391 e. The average Bonchev–Trinajstić information content (AvgIpc) is 2.55. The average molecular weight is 319 g/mol. The van der Waals surface area contributed by atoms with Crippen LogP contribution in [0.4, 0.5) is 11.6 Å². The predicted molar refractivity (Wildman–Crippen MR) is 88.3 cm³/mol. The monoisotopic (exact) mass is 319 g/mol. The Bertz CT molecular complexity index is 571. The number of carbonyl (C=O) groups is 1. The molecule has 7 heteroatoms. The first kappa shape index (κ1) is 16.0. The van der Waals surface area contributed by atoms with Gasteiger partial charge in [-0.15, -0.1) is 0 Å². The third kappa shape index (κ3) is 3.39. The van der Waals surface area contributed by atoms with Crippen molar-refractivity contribution in [2.24, 2.45) is 5.41 Å². The van der Waals surface area contributed by atoms with Crippen molar-refractivity contribution < 1.29 is 9.90 Å². The summed E-state index contributed by atoms with van der Waals surface area (Å²) in [6.07, 6.45) is 5.78. The highest BCUT2D eigenvalue weighted by atomic mass is 16.3. The molecule has 2 fully saturated rings. The van der Waals surface area contributed by atoms with Crippen LogP contribution in [0, 0.1) is 5.41 Å². The normalized spacial score (nSPS) is 23.9. The molecule has 1 aromatic rings. The van der Waals surface area contributed by atoms with E-state index in [1.54, 1.807) is 24.2 Å². The molecule has 2 aliphatic heterocycles. The lowest BCUT2D eigenvalue weighted by Crippen LogP contribution is -2.55. The molecule has 2 saturated heterocycles. The Hall–Kier alpha value is -1.89. The van der Waals surface area contributed by atoms with Crippen molar-refractivity contribution in [3.8, 4) is 0 Å². The Morgan fingerprint density at radius 3 is 2.78 bits per heavy atom. The summed E-state index contributed by atoms with van der Waals surface area (Å²) in [7, 11) is 1.83. The van der Waals surface area contributed by atoms with Gasteiger partial charge in [0.05, 0.1) is 18.5 Å². The molecule has 0 saturated carbocycles. The minimum Gasteiger partial charge on any atom is -0.391 e. The number of piperidine rings is 2. The van der Waals surface area contributed by atoms with E-state index in [1.165, 1.54) is 0 Å². The minimum absolute atomic E-state index is 0.0356. The van der Waals surface area contributed by atoms with Crippen LogP contribution in [0.25, 0.3) is 0 Å². The van der Waals surface area contributed by atoms with E-state index in [0.717, 1.165) is 50.5 Å². The number of carbonyl (C=O) groups excluding carboxylic acids is 1. The van der Waals surface area contributed by atoms with E-state index in [9.17, 15) is 9.90 Å². The number of anilines is 2. The molecule has 7 nitrogen and oxygen atoms in total. The van der Waals surface area contributed by atoms with E-state index in [4.69, 9.17) is 0 Å². The number of aliphatic hydroxyl groups is 1. The Balaban J connectivity index is 1.68. The molecule has 0 bridgehead atoms. The molecule has 1 spiro atoms. The standard InChI is InChI=1S/C16H25N5O2/c1-12(22)21-10-13(23)7-16(11-21)3-5-20(6-4-16)15-9-18-8-14(17-2)19-15/h8-9,13,23H,3-7,10-11H2,1-2H3,(H,17,19). The third-order valence-electron chi connectivity index (χ3n) is 5.10. The molecule has 1 unspecified atom stereocenters. The second-order valence-corrected chi connectivity index (χ2v) is 6.76. The second-order valence-electron chi connectivity index (χ2n) is 6.76. The van der Waals surface area contributed by atoms with E-state index >= 15 is 0 Å². The zero-order valence-electron chi connectivity index (χ0n) is 13.8. The van der Waals surface area contributed by atoms with E-state index in [0.29, 0.717) is 6.54 Å². The van der Waals surface area contributed by atoms with Gasteiger partial charge in [0.25, 0.3) is 0 Å². The van der Waals surface area contributed by atoms with Crippen molar-refractivity contribution in [3.63, 3.8) is 0 Å². The lowest BCUT2D eigenvalue weighted by atomic mass is 9.71. The maximum Gasteiger partial charge on any atom is 0.219 e. The van der Waals surface area contributed by atoms with Gasteiger partial charge in [-0.05, 0) is 24.7 Å². The van der Waals surface area contributed by atoms with Gasteiger partial charge in [0, 0.05) is 40.2 Å². The van der Waals surface area contributed by atoms with Gasteiger partial charge in [-0.3, -0.25) is 9.78 Å². The number of nitrogens with zero attached hydrogens (tertiary/aromatic N) is 4. The first-order chi connectivity index (χ1) is 11.0. The minimum atomic E-state index is -0.411. The van der Waals surface area contributed by atoms with Gasteiger partial charge < -0.3 is 20.2 Å². The number of likely N-dealkylation sites (tertiary alicyclic amines) is 1. The fourth-order valence-corrected chi connectivity index (χ4v) is 3.79. The predicted octanol–water partition coefficient (Wildman–Crippen LogP) is 0.718. The molecule has 1 atom stereocenters. The molecule has 1 amide bonds. The Labute approximate surface area is 136 Å². The fraction of sp³-hybridized carbons (Fsp3) is 0.688. The van der Waals surface area contributed by atoms with Crippen molar-refractivity contribution in [1.29, 1.82) is 0 Å². The van der Waals surface area contributed by atoms with Crippen molar-refractivity contribution in [2.45, 2.75) is 32.3 Å². The maximum atomic E-state index is 11.7. The zero-order chi connectivity index (χ0) is 16.4. The van der Waals surface area contributed by atoms with Crippen LogP contribution in [-0.4, -0.2) is 65.2 Å². The summed E-state index contributed by atoms with van der Waals surface area (Å²) in [5, 5.41) is 13.2. The number of amides is 1. The van der Waals surface area contributed by atoms with Gasteiger partial charge in [0.2, 0.25) is 5.91 Å². The van der Waals surface area contributed by atoms with Crippen LogP contribution < -0.4 is 10.2 Å². The fourth-order valence-electron chi connectivity index (χ4n) is 3.79. The van der Waals surface area contributed by atoms with Gasteiger partial charge in [0.1, 0.15) is 11.6 Å².